The molecule has 302 valence electrons. The second-order valence-electron chi connectivity index (χ2n) is 13.3. The third kappa shape index (κ3) is 11.7. The Morgan fingerprint density at radius 3 is 2.08 bits per heavy atom. The van der Waals surface area contributed by atoms with Gasteiger partial charge in [0, 0.05) is 29.8 Å². The van der Waals surface area contributed by atoms with Gasteiger partial charge in [-0.25, -0.2) is 23.5 Å². The average Bonchev–Trinajstić information content (AvgIpc) is 3.24. The fourth-order valence-electron chi connectivity index (χ4n) is 6.09. The fourth-order valence-corrected chi connectivity index (χ4v) is 7.63. The summed E-state index contributed by atoms with van der Waals surface area (Å²) in [5.41, 5.74) is 6.85. The minimum atomic E-state index is -4.48. The van der Waals surface area contributed by atoms with E-state index in [9.17, 15) is 31.0 Å². The summed E-state index contributed by atoms with van der Waals surface area (Å²) in [6.07, 6.45) is 1.90. The van der Waals surface area contributed by atoms with E-state index in [1.807, 2.05) is 66.7 Å². The molecule has 2 heterocycles. The minimum absolute atomic E-state index is 0.0427. The van der Waals surface area contributed by atoms with Crippen LogP contribution in [0.25, 0.3) is 22.4 Å². The molecule has 2 aromatic heterocycles. The maximum Gasteiger partial charge on any atom is 0.295 e. The van der Waals surface area contributed by atoms with E-state index in [2.05, 4.69) is 20.5 Å². The first-order chi connectivity index (χ1) is 28.3. The zero-order chi connectivity index (χ0) is 41.8. The van der Waals surface area contributed by atoms with Crippen LogP contribution in [0.15, 0.2) is 156 Å². The first kappa shape index (κ1) is 42.0. The van der Waals surface area contributed by atoms with Gasteiger partial charge < -0.3 is 4.74 Å². The monoisotopic (exact) mass is 832 g/mol. The lowest BCUT2D eigenvalue weighted by Gasteiger charge is -2.22. The molecule has 2 amide bonds. The molecule has 0 saturated heterocycles. The van der Waals surface area contributed by atoms with E-state index in [0.717, 1.165) is 21.6 Å². The van der Waals surface area contributed by atoms with Crippen LogP contribution in [-0.2, 0) is 31.5 Å². The van der Waals surface area contributed by atoms with Crippen molar-refractivity contribution in [2.45, 2.75) is 36.0 Å². The number of nitrogens with one attached hydrogen (secondary N) is 1. The predicted molar refractivity (Wildman–Crippen MR) is 224 cm³/mol. The summed E-state index contributed by atoms with van der Waals surface area (Å²) in [7, 11) is -8.62. The minimum Gasteiger partial charge on any atom is -0.478 e. The molecule has 16 heteroatoms. The standard InChI is InChI=1S/C43H40N6O8S2/c44-58(52,53)37(24-25-57-41-27-36(32-14-6-2-7-15-32)26-38(47-41)33-16-8-3-9-17-33)21-23-42(50)49(30-31-12-4-1-5-13-31)43(51)35-20-22-40(45-28-35)48-46-29-34-18-10-11-19-39(34)59(54,55)56/h1-20,22,26-29,37H,21,23-25,30H2,(H,45,48)(H2,44,52,53)(H,54,55,56). The zero-order valence-electron chi connectivity index (χ0n) is 31.5. The van der Waals surface area contributed by atoms with Crippen LogP contribution in [0, 0.1) is 0 Å². The van der Waals surface area contributed by atoms with Crippen LogP contribution < -0.4 is 15.3 Å². The summed E-state index contributed by atoms with van der Waals surface area (Å²) < 4.78 is 64.4. The molecule has 4 N–H and O–H groups in total. The van der Waals surface area contributed by atoms with Crippen molar-refractivity contribution in [2.75, 3.05) is 12.0 Å². The molecular formula is C43H40N6O8S2. The van der Waals surface area contributed by atoms with Crippen LogP contribution in [0.2, 0.25) is 0 Å². The summed E-state index contributed by atoms with van der Waals surface area (Å²) in [5, 5.41) is 8.46. The highest BCUT2D eigenvalue weighted by Gasteiger charge is 2.28. The zero-order valence-corrected chi connectivity index (χ0v) is 33.2. The summed E-state index contributed by atoms with van der Waals surface area (Å²) in [4.78, 5) is 37.2. The lowest BCUT2D eigenvalue weighted by Crippen LogP contribution is -2.38. The Hall–Kier alpha value is -6.59. The van der Waals surface area contributed by atoms with Crippen molar-refractivity contribution in [3.8, 4) is 28.3 Å². The van der Waals surface area contributed by atoms with E-state index in [4.69, 9.17) is 9.88 Å². The van der Waals surface area contributed by atoms with Crippen molar-refractivity contribution < 1.29 is 35.7 Å². The molecular weight excluding hydrogens is 793 g/mol. The number of pyridine rings is 2. The number of hydrogen-bond acceptors (Lipinski definition) is 11. The molecule has 1 unspecified atom stereocenters. The molecule has 0 spiro atoms. The van der Waals surface area contributed by atoms with Crippen molar-refractivity contribution in [1.82, 2.24) is 14.9 Å². The molecule has 1 atom stereocenters. The van der Waals surface area contributed by atoms with Gasteiger partial charge in [0.1, 0.15) is 10.7 Å². The second kappa shape index (κ2) is 19.2. The Balaban J connectivity index is 1.13. The molecule has 6 rings (SSSR count). The largest absolute Gasteiger partial charge is 0.478 e. The van der Waals surface area contributed by atoms with E-state index >= 15 is 0 Å². The van der Waals surface area contributed by atoms with Crippen molar-refractivity contribution >= 4 is 44.0 Å². The summed E-state index contributed by atoms with van der Waals surface area (Å²) in [6.45, 7) is -0.156. The van der Waals surface area contributed by atoms with Crippen LogP contribution >= 0.6 is 0 Å². The number of carbonyl (C=O) groups is 2. The van der Waals surface area contributed by atoms with Gasteiger partial charge in [0.05, 0.1) is 35.9 Å². The summed E-state index contributed by atoms with van der Waals surface area (Å²) >= 11 is 0. The second-order valence-corrected chi connectivity index (χ2v) is 16.5. The van der Waals surface area contributed by atoms with E-state index in [1.54, 1.807) is 42.5 Å². The number of nitrogens with two attached hydrogens (primary N) is 1. The Morgan fingerprint density at radius 1 is 0.797 bits per heavy atom. The number of amides is 2. The molecule has 0 aliphatic carbocycles. The van der Waals surface area contributed by atoms with Gasteiger partial charge in [-0.15, -0.1) is 0 Å². The summed E-state index contributed by atoms with van der Waals surface area (Å²) in [5.74, 6) is -0.808. The van der Waals surface area contributed by atoms with Crippen molar-refractivity contribution in [1.29, 1.82) is 0 Å². The van der Waals surface area contributed by atoms with Crippen molar-refractivity contribution in [2.24, 2.45) is 10.2 Å². The number of hydrazone groups is 1. The van der Waals surface area contributed by atoms with Crippen LogP contribution in [0.1, 0.15) is 40.7 Å². The number of anilines is 1. The van der Waals surface area contributed by atoms with Gasteiger partial charge in [0.15, 0.2) is 0 Å². The number of carbonyl (C=O) groups excluding carboxylic acids is 2. The van der Waals surface area contributed by atoms with Crippen molar-refractivity contribution in [3.63, 3.8) is 0 Å². The first-order valence-corrected chi connectivity index (χ1v) is 21.4. The molecule has 0 fully saturated rings. The SMILES string of the molecule is NS(=O)(=O)C(CCOc1cc(-c2ccccc2)cc(-c2ccccc2)n1)CCC(=O)N(Cc1ccccc1)C(=O)c1ccc(NN=Cc2ccccc2S(=O)(=O)O)nc1. The Kier molecular flexibility index (Phi) is 13.7. The third-order valence-electron chi connectivity index (χ3n) is 9.13. The van der Waals surface area contributed by atoms with Crippen LogP contribution in [0.4, 0.5) is 5.82 Å². The molecule has 0 saturated carbocycles. The number of aromatic nitrogens is 2. The van der Waals surface area contributed by atoms with Crippen LogP contribution in [-0.4, -0.2) is 66.1 Å². The number of primary sulfonamides is 1. The number of hydrogen-bond donors (Lipinski definition) is 3. The van der Waals surface area contributed by atoms with E-state index in [-0.39, 0.29) is 60.1 Å². The number of sulfonamides is 1. The fraction of sp³-hybridized carbons (Fsp3) is 0.140. The molecule has 6 aromatic rings. The number of ether oxygens (including phenoxy) is 1. The number of benzene rings is 4. The first-order valence-electron chi connectivity index (χ1n) is 18.3. The van der Waals surface area contributed by atoms with Gasteiger partial charge in [-0.2, -0.15) is 13.5 Å². The average molecular weight is 833 g/mol. The Bertz CT molecular complexity index is 2570. The molecule has 0 aliphatic rings. The molecule has 0 radical (unpaired) electrons. The maximum absolute atomic E-state index is 13.8. The molecule has 14 nitrogen and oxygen atoms in total. The summed E-state index contributed by atoms with van der Waals surface area (Å²) in [6, 6.07) is 40.4. The highest BCUT2D eigenvalue weighted by atomic mass is 32.2. The molecule has 59 heavy (non-hydrogen) atoms. The maximum atomic E-state index is 13.8. The van der Waals surface area contributed by atoms with Crippen LogP contribution in [0.5, 0.6) is 5.88 Å². The molecule has 0 aliphatic heterocycles. The highest BCUT2D eigenvalue weighted by Crippen LogP contribution is 2.29. The van der Waals surface area contributed by atoms with E-state index in [1.165, 1.54) is 42.7 Å². The quantitative estimate of drug-likeness (QED) is 0.0508. The number of rotatable bonds is 17. The number of imide groups is 1. The lowest BCUT2D eigenvalue weighted by atomic mass is 10.0. The van der Waals surface area contributed by atoms with Gasteiger partial charge >= 0.3 is 0 Å². The Morgan fingerprint density at radius 2 is 1.44 bits per heavy atom. The molecule has 0 bridgehead atoms. The lowest BCUT2D eigenvalue weighted by molar-refractivity contribution is -0.129. The van der Waals surface area contributed by atoms with Gasteiger partial charge in [0.2, 0.25) is 21.8 Å². The highest BCUT2D eigenvalue weighted by molar-refractivity contribution is 7.89. The van der Waals surface area contributed by atoms with E-state index in [0.29, 0.717) is 11.3 Å². The van der Waals surface area contributed by atoms with Crippen molar-refractivity contribution in [3.05, 3.63) is 162 Å². The normalized spacial score (nSPS) is 12.2. The predicted octanol–water partition coefficient (Wildman–Crippen LogP) is 6.58. The molecule has 4 aromatic carbocycles. The van der Waals surface area contributed by atoms with E-state index < -0.39 is 37.2 Å². The van der Waals surface area contributed by atoms with Gasteiger partial charge in [-0.1, -0.05) is 109 Å². The van der Waals surface area contributed by atoms with Gasteiger partial charge in [-0.05, 0) is 53.8 Å². The Labute approximate surface area is 342 Å². The number of nitrogens with zero attached hydrogens (tertiary/aromatic N) is 4. The topological polar surface area (TPSA) is 211 Å². The van der Waals surface area contributed by atoms with Crippen LogP contribution in [0.3, 0.4) is 0 Å². The smallest absolute Gasteiger partial charge is 0.295 e. The third-order valence-corrected chi connectivity index (χ3v) is 11.5. The van der Waals surface area contributed by atoms with Gasteiger partial charge in [-0.3, -0.25) is 24.5 Å². The van der Waals surface area contributed by atoms with Gasteiger partial charge in [0.25, 0.3) is 16.0 Å².